The van der Waals surface area contributed by atoms with E-state index < -0.39 is 5.41 Å². The zero-order valence-electron chi connectivity index (χ0n) is 14.8. The number of hydrogen-bond donors (Lipinski definition) is 2. The van der Waals surface area contributed by atoms with Crippen molar-refractivity contribution in [3.63, 3.8) is 0 Å². The fourth-order valence-corrected chi connectivity index (χ4v) is 2.74. The molecule has 1 aliphatic rings. The minimum atomic E-state index is -1.16. The molecular formula is C18H26N2O4. The number of nitrogens with one attached hydrogen (secondary N) is 2. The maximum absolute atomic E-state index is 12.6. The summed E-state index contributed by atoms with van der Waals surface area (Å²) in [6, 6.07) is 5.28. The van der Waals surface area contributed by atoms with E-state index in [1.54, 1.807) is 39.2 Å². The number of rotatable bonds is 6. The predicted octanol–water partition coefficient (Wildman–Crippen LogP) is 2.73. The topological polar surface area (TPSA) is 76.7 Å². The van der Waals surface area contributed by atoms with E-state index in [-0.39, 0.29) is 17.9 Å². The Morgan fingerprint density at radius 1 is 1.04 bits per heavy atom. The van der Waals surface area contributed by atoms with Gasteiger partial charge < -0.3 is 20.1 Å². The van der Waals surface area contributed by atoms with Gasteiger partial charge in [0.05, 0.1) is 14.2 Å². The molecule has 0 unspecified atom stereocenters. The van der Waals surface area contributed by atoms with Gasteiger partial charge in [0.1, 0.15) is 5.41 Å². The number of carbonyl (C=O) groups excluding carboxylic acids is 2. The van der Waals surface area contributed by atoms with Crippen LogP contribution in [0, 0.1) is 5.41 Å². The third-order valence-electron chi connectivity index (χ3n) is 4.47. The Labute approximate surface area is 142 Å². The molecule has 2 rings (SSSR count). The molecular weight excluding hydrogens is 308 g/mol. The number of benzene rings is 1. The molecule has 6 heteroatoms. The molecule has 0 aliphatic heterocycles. The van der Waals surface area contributed by atoms with Crippen LogP contribution in [0.3, 0.4) is 0 Å². The first-order valence-corrected chi connectivity index (χ1v) is 8.23. The lowest BCUT2D eigenvalue weighted by Gasteiger charge is -2.25. The molecule has 0 bridgehead atoms. The minimum absolute atomic E-state index is 0.186. The molecule has 2 amide bonds. The number of hydrogen-bond acceptors (Lipinski definition) is 4. The van der Waals surface area contributed by atoms with Crippen LogP contribution in [0.1, 0.15) is 39.5 Å². The normalized spacial score (nSPS) is 15.0. The Balaban J connectivity index is 2.05. The average Bonchev–Trinajstić information content (AvgIpc) is 3.07. The van der Waals surface area contributed by atoms with Gasteiger partial charge in [0, 0.05) is 17.8 Å². The lowest BCUT2D eigenvalue weighted by atomic mass is 9.90. The van der Waals surface area contributed by atoms with Crippen molar-refractivity contribution in [3.05, 3.63) is 18.2 Å². The maximum Gasteiger partial charge on any atom is 0.239 e. The SMILES string of the molecule is COc1ccc(NC(=O)C(C)(C)C(=O)NC2CCCC2)cc1OC. The van der Waals surface area contributed by atoms with Gasteiger partial charge in [0.25, 0.3) is 0 Å². The summed E-state index contributed by atoms with van der Waals surface area (Å²) in [6.45, 7) is 3.26. The van der Waals surface area contributed by atoms with E-state index in [1.165, 1.54) is 7.11 Å². The maximum atomic E-state index is 12.6. The van der Waals surface area contributed by atoms with Crippen LogP contribution in [-0.2, 0) is 9.59 Å². The Bertz CT molecular complexity index is 607. The van der Waals surface area contributed by atoms with Crippen molar-refractivity contribution in [2.45, 2.75) is 45.6 Å². The third-order valence-corrected chi connectivity index (χ3v) is 4.47. The molecule has 1 aromatic carbocycles. The molecule has 6 nitrogen and oxygen atoms in total. The summed E-state index contributed by atoms with van der Waals surface area (Å²) in [5.74, 6) is 0.495. The second kappa shape index (κ2) is 7.55. The standard InChI is InChI=1S/C18H26N2O4/c1-18(2,16(21)19-12-7-5-6-8-12)17(22)20-13-9-10-14(23-3)15(11-13)24-4/h9-12H,5-8H2,1-4H3,(H,19,21)(H,20,22). The van der Waals surface area contributed by atoms with E-state index in [0.717, 1.165) is 25.7 Å². The van der Waals surface area contributed by atoms with Crippen molar-refractivity contribution in [1.82, 2.24) is 5.32 Å². The Kier molecular flexibility index (Phi) is 5.70. The quantitative estimate of drug-likeness (QED) is 0.784. The molecule has 0 spiro atoms. The van der Waals surface area contributed by atoms with E-state index in [4.69, 9.17) is 9.47 Å². The number of ether oxygens (including phenoxy) is 2. The van der Waals surface area contributed by atoms with E-state index in [1.807, 2.05) is 0 Å². The van der Waals surface area contributed by atoms with E-state index in [2.05, 4.69) is 10.6 Å². The lowest BCUT2D eigenvalue weighted by Crippen LogP contribution is -2.47. The van der Waals surface area contributed by atoms with E-state index in [9.17, 15) is 9.59 Å². The lowest BCUT2D eigenvalue weighted by molar-refractivity contribution is -0.138. The highest BCUT2D eigenvalue weighted by Gasteiger charge is 2.37. The smallest absolute Gasteiger partial charge is 0.239 e. The molecule has 0 saturated heterocycles. The van der Waals surface area contributed by atoms with Crippen LogP contribution in [0.2, 0.25) is 0 Å². The van der Waals surface area contributed by atoms with Gasteiger partial charge in [-0.2, -0.15) is 0 Å². The Hall–Kier alpha value is -2.24. The van der Waals surface area contributed by atoms with Crippen LogP contribution < -0.4 is 20.1 Å². The van der Waals surface area contributed by atoms with Crippen molar-refractivity contribution in [1.29, 1.82) is 0 Å². The van der Waals surface area contributed by atoms with Crippen LogP contribution in [0.15, 0.2) is 18.2 Å². The predicted molar refractivity (Wildman–Crippen MR) is 92.4 cm³/mol. The number of methoxy groups -OCH3 is 2. The first-order valence-electron chi connectivity index (χ1n) is 8.23. The molecule has 132 valence electrons. The summed E-state index contributed by atoms with van der Waals surface area (Å²) in [5.41, 5.74) is -0.602. The fraction of sp³-hybridized carbons (Fsp3) is 0.556. The first kappa shape index (κ1) is 18.1. The van der Waals surface area contributed by atoms with E-state index in [0.29, 0.717) is 17.2 Å². The van der Waals surface area contributed by atoms with Crippen LogP contribution in [-0.4, -0.2) is 32.1 Å². The minimum Gasteiger partial charge on any atom is -0.493 e. The highest BCUT2D eigenvalue weighted by Crippen LogP contribution is 2.30. The van der Waals surface area contributed by atoms with Crippen LogP contribution >= 0.6 is 0 Å². The van der Waals surface area contributed by atoms with Crippen LogP contribution in [0.4, 0.5) is 5.69 Å². The molecule has 24 heavy (non-hydrogen) atoms. The number of carbonyl (C=O) groups is 2. The molecule has 1 fully saturated rings. The number of anilines is 1. The van der Waals surface area contributed by atoms with Gasteiger partial charge in [0.2, 0.25) is 11.8 Å². The summed E-state index contributed by atoms with van der Waals surface area (Å²) in [4.78, 5) is 25.0. The van der Waals surface area contributed by atoms with Gasteiger partial charge in [0.15, 0.2) is 11.5 Å². The summed E-state index contributed by atoms with van der Waals surface area (Å²) in [6.07, 6.45) is 4.23. The van der Waals surface area contributed by atoms with Crippen molar-refractivity contribution in [3.8, 4) is 11.5 Å². The van der Waals surface area contributed by atoms with Crippen molar-refractivity contribution >= 4 is 17.5 Å². The molecule has 1 aromatic rings. The van der Waals surface area contributed by atoms with Gasteiger partial charge in [-0.3, -0.25) is 9.59 Å². The van der Waals surface area contributed by atoms with Gasteiger partial charge in [-0.25, -0.2) is 0 Å². The van der Waals surface area contributed by atoms with Crippen LogP contribution in [0.5, 0.6) is 11.5 Å². The average molecular weight is 334 g/mol. The van der Waals surface area contributed by atoms with Gasteiger partial charge in [-0.1, -0.05) is 12.8 Å². The van der Waals surface area contributed by atoms with Gasteiger partial charge >= 0.3 is 0 Å². The molecule has 0 aromatic heterocycles. The monoisotopic (exact) mass is 334 g/mol. The second-order valence-corrected chi connectivity index (χ2v) is 6.60. The summed E-state index contributed by atoms with van der Waals surface area (Å²) in [7, 11) is 3.08. The zero-order chi connectivity index (χ0) is 17.7. The Morgan fingerprint density at radius 3 is 2.25 bits per heavy atom. The second-order valence-electron chi connectivity index (χ2n) is 6.60. The zero-order valence-corrected chi connectivity index (χ0v) is 14.8. The molecule has 1 saturated carbocycles. The molecule has 0 heterocycles. The van der Waals surface area contributed by atoms with Gasteiger partial charge in [-0.05, 0) is 38.8 Å². The number of amides is 2. The Morgan fingerprint density at radius 2 is 1.67 bits per heavy atom. The largest absolute Gasteiger partial charge is 0.493 e. The van der Waals surface area contributed by atoms with Crippen molar-refractivity contribution in [2.75, 3.05) is 19.5 Å². The third kappa shape index (κ3) is 3.99. The summed E-state index contributed by atoms with van der Waals surface area (Å²) in [5, 5.41) is 5.76. The fourth-order valence-electron chi connectivity index (χ4n) is 2.74. The molecule has 0 atom stereocenters. The molecule has 1 aliphatic carbocycles. The summed E-state index contributed by atoms with van der Waals surface area (Å²) >= 11 is 0. The van der Waals surface area contributed by atoms with E-state index >= 15 is 0 Å². The van der Waals surface area contributed by atoms with Crippen molar-refractivity contribution in [2.24, 2.45) is 5.41 Å². The summed E-state index contributed by atoms with van der Waals surface area (Å²) < 4.78 is 10.4. The highest BCUT2D eigenvalue weighted by atomic mass is 16.5. The van der Waals surface area contributed by atoms with Gasteiger partial charge in [-0.15, -0.1) is 0 Å². The molecule has 0 radical (unpaired) electrons. The first-order chi connectivity index (χ1) is 11.4. The molecule has 2 N–H and O–H groups in total. The van der Waals surface area contributed by atoms with Crippen molar-refractivity contribution < 1.29 is 19.1 Å². The van der Waals surface area contributed by atoms with Crippen LogP contribution in [0.25, 0.3) is 0 Å². The highest BCUT2D eigenvalue weighted by molar-refractivity contribution is 6.10.